The number of hydrogen-bond acceptors (Lipinski definition) is 4. The van der Waals surface area contributed by atoms with Crippen molar-refractivity contribution in [2.45, 2.75) is 57.8 Å². The summed E-state index contributed by atoms with van der Waals surface area (Å²) in [6, 6.07) is 8.47. The van der Waals surface area contributed by atoms with Crippen molar-refractivity contribution in [1.29, 1.82) is 0 Å². The molecule has 0 spiro atoms. The van der Waals surface area contributed by atoms with Crippen LogP contribution in [0.1, 0.15) is 39.2 Å². The number of carbonyl (C=O) groups is 1. The van der Waals surface area contributed by atoms with Gasteiger partial charge in [-0.1, -0.05) is 18.2 Å². The second-order valence-electron chi connectivity index (χ2n) is 6.59. The number of ether oxygens (including phenoxy) is 1. The number of para-hydroxylation sites is 1. The van der Waals surface area contributed by atoms with Crippen LogP contribution in [0.25, 0.3) is 0 Å². The van der Waals surface area contributed by atoms with E-state index in [1.165, 1.54) is 0 Å². The summed E-state index contributed by atoms with van der Waals surface area (Å²) in [4.78, 5) is 11.6. The summed E-state index contributed by atoms with van der Waals surface area (Å²) in [6.45, 7) is 6.35. The van der Waals surface area contributed by atoms with Crippen molar-refractivity contribution in [3.05, 3.63) is 29.8 Å². The van der Waals surface area contributed by atoms with E-state index >= 15 is 0 Å². The van der Waals surface area contributed by atoms with Crippen molar-refractivity contribution in [3.8, 4) is 0 Å². The molecule has 4 N–H and O–H groups in total. The first-order valence-electron chi connectivity index (χ1n) is 7.40. The van der Waals surface area contributed by atoms with Crippen molar-refractivity contribution in [1.82, 2.24) is 10.6 Å². The lowest BCUT2D eigenvalue weighted by Gasteiger charge is -2.36. The second-order valence-corrected chi connectivity index (χ2v) is 6.59. The van der Waals surface area contributed by atoms with E-state index in [1.807, 2.05) is 45.0 Å². The zero-order chi connectivity index (χ0) is 15.5. The Bertz CT molecular complexity index is 491. The normalized spacial score (nSPS) is 21.5. The minimum Gasteiger partial charge on any atom is -0.444 e. The molecule has 1 fully saturated rings. The van der Waals surface area contributed by atoms with Crippen LogP contribution in [-0.2, 0) is 11.3 Å². The maximum absolute atomic E-state index is 11.6. The Labute approximate surface area is 126 Å². The molecule has 0 aromatic heterocycles. The van der Waals surface area contributed by atoms with Crippen molar-refractivity contribution < 1.29 is 9.53 Å². The van der Waals surface area contributed by atoms with E-state index in [4.69, 9.17) is 10.5 Å². The molecule has 1 aromatic carbocycles. The van der Waals surface area contributed by atoms with Gasteiger partial charge in [0.05, 0.1) is 0 Å². The zero-order valence-electron chi connectivity index (χ0n) is 13.0. The average molecular weight is 291 g/mol. The molecule has 1 aliphatic rings. The van der Waals surface area contributed by atoms with Crippen molar-refractivity contribution in [3.63, 3.8) is 0 Å². The molecule has 0 aliphatic heterocycles. The third-order valence-electron chi connectivity index (χ3n) is 3.50. The SMILES string of the molecule is CC(C)(C)OC(=O)NC1CC(NCc2ccccc2N)C1. The van der Waals surface area contributed by atoms with E-state index in [9.17, 15) is 4.79 Å². The number of alkyl carbamates (subject to hydrolysis) is 1. The lowest BCUT2D eigenvalue weighted by molar-refractivity contribution is 0.0465. The van der Waals surface area contributed by atoms with Gasteiger partial charge in [-0.3, -0.25) is 0 Å². The number of nitrogens with two attached hydrogens (primary N) is 1. The highest BCUT2D eigenvalue weighted by molar-refractivity contribution is 5.68. The first kappa shape index (κ1) is 15.6. The van der Waals surface area contributed by atoms with Crippen LogP contribution in [-0.4, -0.2) is 23.8 Å². The van der Waals surface area contributed by atoms with Crippen LogP contribution in [0, 0.1) is 0 Å². The summed E-state index contributed by atoms with van der Waals surface area (Å²) in [7, 11) is 0. The van der Waals surface area contributed by atoms with E-state index in [0.29, 0.717) is 6.04 Å². The number of nitrogen functional groups attached to an aromatic ring is 1. The average Bonchev–Trinajstić information content (AvgIpc) is 2.31. The van der Waals surface area contributed by atoms with Crippen LogP contribution in [0.5, 0.6) is 0 Å². The lowest BCUT2D eigenvalue weighted by Crippen LogP contribution is -2.53. The number of carbonyl (C=O) groups excluding carboxylic acids is 1. The minimum absolute atomic E-state index is 0.200. The third kappa shape index (κ3) is 4.93. The molecule has 0 bridgehead atoms. The molecule has 1 saturated carbocycles. The molecule has 2 rings (SSSR count). The number of anilines is 1. The molecule has 21 heavy (non-hydrogen) atoms. The summed E-state index contributed by atoms with van der Waals surface area (Å²) in [5.41, 5.74) is 7.38. The number of benzene rings is 1. The maximum atomic E-state index is 11.6. The fourth-order valence-corrected chi connectivity index (χ4v) is 2.33. The van der Waals surface area contributed by atoms with Crippen LogP contribution < -0.4 is 16.4 Å². The molecule has 5 nitrogen and oxygen atoms in total. The first-order chi connectivity index (χ1) is 9.83. The predicted octanol–water partition coefficient (Wildman–Crippen LogP) is 2.41. The minimum atomic E-state index is -0.448. The molecule has 116 valence electrons. The zero-order valence-corrected chi connectivity index (χ0v) is 13.0. The van der Waals surface area contributed by atoms with Crippen LogP contribution in [0.3, 0.4) is 0 Å². The Morgan fingerprint density at radius 2 is 1.95 bits per heavy atom. The maximum Gasteiger partial charge on any atom is 0.407 e. The fourth-order valence-electron chi connectivity index (χ4n) is 2.33. The summed E-state index contributed by atoms with van der Waals surface area (Å²) in [6.07, 6.45) is 1.51. The molecule has 0 radical (unpaired) electrons. The van der Waals surface area contributed by atoms with Crippen LogP contribution in [0.15, 0.2) is 24.3 Å². The van der Waals surface area contributed by atoms with E-state index in [0.717, 1.165) is 30.6 Å². The highest BCUT2D eigenvalue weighted by Gasteiger charge is 2.31. The van der Waals surface area contributed by atoms with E-state index in [1.54, 1.807) is 0 Å². The quantitative estimate of drug-likeness (QED) is 0.745. The lowest BCUT2D eigenvalue weighted by atomic mass is 9.86. The number of nitrogens with one attached hydrogen (secondary N) is 2. The molecule has 0 saturated heterocycles. The van der Waals surface area contributed by atoms with E-state index in [-0.39, 0.29) is 12.1 Å². The Balaban J connectivity index is 1.66. The Morgan fingerprint density at radius 3 is 2.57 bits per heavy atom. The first-order valence-corrected chi connectivity index (χ1v) is 7.40. The van der Waals surface area contributed by atoms with Gasteiger partial charge in [-0.25, -0.2) is 4.79 Å². The second kappa shape index (κ2) is 6.35. The summed E-state index contributed by atoms with van der Waals surface area (Å²) >= 11 is 0. The number of hydrogen-bond donors (Lipinski definition) is 3. The Morgan fingerprint density at radius 1 is 1.29 bits per heavy atom. The van der Waals surface area contributed by atoms with Gasteiger partial charge in [-0.15, -0.1) is 0 Å². The van der Waals surface area contributed by atoms with Gasteiger partial charge in [0.2, 0.25) is 0 Å². The monoisotopic (exact) mass is 291 g/mol. The van der Waals surface area contributed by atoms with E-state index in [2.05, 4.69) is 10.6 Å². The molecule has 1 aliphatic carbocycles. The largest absolute Gasteiger partial charge is 0.444 e. The molecule has 1 amide bonds. The van der Waals surface area contributed by atoms with Crippen LogP contribution >= 0.6 is 0 Å². The van der Waals surface area contributed by atoms with Crippen LogP contribution in [0.4, 0.5) is 10.5 Å². The molecule has 0 unspecified atom stereocenters. The van der Waals surface area contributed by atoms with Gasteiger partial charge in [0.15, 0.2) is 0 Å². The summed E-state index contributed by atoms with van der Waals surface area (Å²) in [5.74, 6) is 0. The number of amides is 1. The third-order valence-corrected chi connectivity index (χ3v) is 3.50. The molecule has 5 heteroatoms. The van der Waals surface area contributed by atoms with Gasteiger partial charge in [0.1, 0.15) is 5.60 Å². The molecular formula is C16H25N3O2. The van der Waals surface area contributed by atoms with Crippen molar-refractivity contribution in [2.24, 2.45) is 0 Å². The van der Waals surface area contributed by atoms with Gasteiger partial charge in [0.25, 0.3) is 0 Å². The van der Waals surface area contributed by atoms with Gasteiger partial charge < -0.3 is 21.1 Å². The molecule has 0 atom stereocenters. The summed E-state index contributed by atoms with van der Waals surface area (Å²) < 4.78 is 5.24. The van der Waals surface area contributed by atoms with E-state index < -0.39 is 5.60 Å². The van der Waals surface area contributed by atoms with Gasteiger partial charge in [-0.2, -0.15) is 0 Å². The topological polar surface area (TPSA) is 76.4 Å². The molecule has 0 heterocycles. The van der Waals surface area contributed by atoms with Gasteiger partial charge in [0, 0.05) is 24.3 Å². The van der Waals surface area contributed by atoms with Crippen LogP contribution in [0.2, 0.25) is 0 Å². The predicted molar refractivity (Wildman–Crippen MR) is 83.9 cm³/mol. The molecular weight excluding hydrogens is 266 g/mol. The smallest absolute Gasteiger partial charge is 0.407 e. The Hall–Kier alpha value is -1.75. The highest BCUT2D eigenvalue weighted by Crippen LogP contribution is 2.21. The molecule has 1 aromatic rings. The standard InChI is InChI=1S/C16H25N3O2/c1-16(2,3)21-15(20)19-13-8-12(9-13)18-10-11-6-4-5-7-14(11)17/h4-7,12-13,18H,8-10,17H2,1-3H3,(H,19,20). The fraction of sp³-hybridized carbons (Fsp3) is 0.562. The Kier molecular flexibility index (Phi) is 4.73. The summed E-state index contributed by atoms with van der Waals surface area (Å²) in [5, 5.41) is 6.34. The van der Waals surface area contributed by atoms with Gasteiger partial charge >= 0.3 is 6.09 Å². The van der Waals surface area contributed by atoms with Crippen molar-refractivity contribution >= 4 is 11.8 Å². The van der Waals surface area contributed by atoms with Gasteiger partial charge in [-0.05, 0) is 45.2 Å². The van der Waals surface area contributed by atoms with Crippen molar-refractivity contribution in [2.75, 3.05) is 5.73 Å². The highest BCUT2D eigenvalue weighted by atomic mass is 16.6. The number of rotatable bonds is 4.